The minimum absolute atomic E-state index is 0.0391. The second-order valence-electron chi connectivity index (χ2n) is 12.2. The first kappa shape index (κ1) is 38.6. The molecule has 282 valence electrons. The fraction of sp³-hybridized carbons (Fsp3) is 0.0571. The Bertz CT molecular complexity index is 2880. The van der Waals surface area contributed by atoms with Crippen molar-refractivity contribution in [1.82, 2.24) is 0 Å². The molecule has 1 amide bonds. The molecule has 0 radical (unpaired) electrons. The number of ketones is 1. The smallest absolute Gasteiger partial charge is 0.296 e. The number of nitrogens with two attached hydrogens (primary N) is 1. The molecule has 0 saturated carbocycles. The number of nitrogens with zero attached hydrogens (tertiary/aromatic N) is 3. The summed E-state index contributed by atoms with van der Waals surface area (Å²) in [6.07, 6.45) is 1.05. The van der Waals surface area contributed by atoms with E-state index < -0.39 is 62.5 Å². The zero-order valence-corrected chi connectivity index (χ0v) is 30.9. The first-order valence-electron chi connectivity index (χ1n) is 15.6. The molecule has 0 aromatic heterocycles. The van der Waals surface area contributed by atoms with Gasteiger partial charge in [-0.15, -0.1) is 0 Å². The quantitative estimate of drug-likeness (QED) is 0.0426. The summed E-state index contributed by atoms with van der Waals surface area (Å²) in [6.45, 7) is 3.24. The SMILES string of the molecule is Cc1cc(N=Nc2cc(S(=O)(=O)O)c3cccc(S(=O)(=O)O)c3c2)cc(C)c1N/N=C1\C(=O)c2ccc(NC(=O)c3ccc(N)cc3)cc2C=C1S(=O)(=O)O. The number of allylic oxidation sites excluding steroid dienone is 1. The zero-order valence-electron chi connectivity index (χ0n) is 28.4. The van der Waals surface area contributed by atoms with E-state index in [1.807, 2.05) is 0 Å². The van der Waals surface area contributed by atoms with Crippen LogP contribution < -0.4 is 16.5 Å². The minimum atomic E-state index is -4.99. The summed E-state index contributed by atoms with van der Waals surface area (Å²) in [5.41, 5.74) is 10.1. The van der Waals surface area contributed by atoms with Gasteiger partial charge in [-0.2, -0.15) is 40.6 Å². The molecule has 17 nitrogen and oxygen atoms in total. The topological polar surface area (TPSA) is 284 Å². The monoisotopic (exact) mass is 804 g/mol. The molecule has 1 aliphatic carbocycles. The van der Waals surface area contributed by atoms with Gasteiger partial charge in [0.25, 0.3) is 36.3 Å². The highest BCUT2D eigenvalue weighted by molar-refractivity contribution is 7.91. The highest BCUT2D eigenvalue weighted by Crippen LogP contribution is 2.35. The van der Waals surface area contributed by atoms with E-state index >= 15 is 0 Å². The van der Waals surface area contributed by atoms with Crippen molar-refractivity contribution in [2.45, 2.75) is 23.6 Å². The average Bonchev–Trinajstić information content (AvgIpc) is 3.09. The maximum Gasteiger partial charge on any atom is 0.296 e. The maximum absolute atomic E-state index is 13.6. The van der Waals surface area contributed by atoms with Gasteiger partial charge in [-0.3, -0.25) is 28.7 Å². The van der Waals surface area contributed by atoms with Crippen molar-refractivity contribution in [3.63, 3.8) is 0 Å². The molecule has 55 heavy (non-hydrogen) atoms. The number of Topliss-reactive ketones (excluding diaryl/α,β-unsaturated/α-hetero) is 1. The summed E-state index contributed by atoms with van der Waals surface area (Å²) in [6, 6.07) is 18.9. The molecule has 0 saturated heterocycles. The number of hydrogen-bond acceptors (Lipinski definition) is 13. The number of carbonyl (C=O) groups is 2. The largest absolute Gasteiger partial charge is 0.399 e. The van der Waals surface area contributed by atoms with Gasteiger partial charge in [-0.25, -0.2) is 0 Å². The summed E-state index contributed by atoms with van der Waals surface area (Å²) < 4.78 is 103. The van der Waals surface area contributed by atoms with Crippen LogP contribution >= 0.6 is 0 Å². The van der Waals surface area contributed by atoms with Gasteiger partial charge >= 0.3 is 0 Å². The lowest BCUT2D eigenvalue weighted by molar-refractivity contribution is 0.102. The van der Waals surface area contributed by atoms with E-state index in [9.17, 15) is 48.5 Å². The second-order valence-corrected chi connectivity index (χ2v) is 16.3. The third-order valence-corrected chi connectivity index (χ3v) is 10.9. The van der Waals surface area contributed by atoms with Crippen LogP contribution in [0.4, 0.5) is 28.4 Å². The van der Waals surface area contributed by atoms with Crippen LogP contribution in [0.3, 0.4) is 0 Å². The van der Waals surface area contributed by atoms with Crippen LogP contribution in [0.5, 0.6) is 0 Å². The van der Waals surface area contributed by atoms with Gasteiger partial charge in [-0.1, -0.05) is 12.1 Å². The van der Waals surface area contributed by atoms with Crippen molar-refractivity contribution < 1.29 is 48.5 Å². The number of hydrazone groups is 1. The number of nitrogens with one attached hydrogen (secondary N) is 2. The molecule has 0 atom stereocenters. The number of amides is 1. The molecule has 1 aliphatic rings. The summed E-state index contributed by atoms with van der Waals surface area (Å²) in [5, 5.41) is 14.4. The number of hydrogen-bond donors (Lipinski definition) is 6. The molecular formula is C35H28N6O11S3. The molecule has 0 aliphatic heterocycles. The number of rotatable bonds is 9. The van der Waals surface area contributed by atoms with E-state index in [0.29, 0.717) is 28.1 Å². The predicted octanol–water partition coefficient (Wildman–Crippen LogP) is 6.09. The van der Waals surface area contributed by atoms with Gasteiger partial charge in [0.05, 0.1) is 17.1 Å². The van der Waals surface area contributed by atoms with E-state index in [1.54, 1.807) is 26.0 Å². The molecule has 20 heteroatoms. The van der Waals surface area contributed by atoms with E-state index in [1.165, 1.54) is 60.7 Å². The third kappa shape index (κ3) is 8.18. The number of benzene rings is 5. The van der Waals surface area contributed by atoms with E-state index in [2.05, 4.69) is 26.1 Å². The lowest BCUT2D eigenvalue weighted by Gasteiger charge is -2.18. The number of nitrogen functional groups attached to an aromatic ring is 1. The van der Waals surface area contributed by atoms with Gasteiger partial charge in [0.15, 0.2) is 5.71 Å². The summed E-state index contributed by atoms with van der Waals surface area (Å²) in [7, 11) is -14.7. The van der Waals surface area contributed by atoms with E-state index in [4.69, 9.17) is 5.73 Å². The molecule has 5 aromatic rings. The zero-order chi connectivity index (χ0) is 40.0. The molecule has 0 spiro atoms. The van der Waals surface area contributed by atoms with Gasteiger partial charge in [-0.05, 0) is 109 Å². The fourth-order valence-corrected chi connectivity index (χ4v) is 7.84. The minimum Gasteiger partial charge on any atom is -0.399 e. The summed E-state index contributed by atoms with van der Waals surface area (Å²) in [5.74, 6) is -1.33. The first-order chi connectivity index (χ1) is 25.7. The summed E-state index contributed by atoms with van der Waals surface area (Å²) in [4.78, 5) is 24.2. The number of aryl methyl sites for hydroxylation is 2. The van der Waals surface area contributed by atoms with Crippen LogP contribution in [0.2, 0.25) is 0 Å². The Labute approximate surface area is 313 Å². The third-order valence-electron chi connectivity index (χ3n) is 8.28. The number of fused-ring (bicyclic) bond motifs is 2. The lowest BCUT2D eigenvalue weighted by Crippen LogP contribution is -2.27. The Morgan fingerprint density at radius 3 is 1.93 bits per heavy atom. The van der Waals surface area contributed by atoms with Gasteiger partial charge in [0.2, 0.25) is 5.78 Å². The van der Waals surface area contributed by atoms with Crippen molar-refractivity contribution in [1.29, 1.82) is 0 Å². The van der Waals surface area contributed by atoms with Crippen molar-refractivity contribution >= 4 is 93.0 Å². The summed E-state index contributed by atoms with van der Waals surface area (Å²) >= 11 is 0. The molecule has 0 unspecified atom stereocenters. The average molecular weight is 805 g/mol. The molecule has 7 N–H and O–H groups in total. The van der Waals surface area contributed by atoms with Gasteiger partial charge in [0, 0.05) is 33.3 Å². The van der Waals surface area contributed by atoms with Crippen LogP contribution in [0.25, 0.3) is 16.8 Å². The van der Waals surface area contributed by atoms with Gasteiger partial charge in [0.1, 0.15) is 14.7 Å². The van der Waals surface area contributed by atoms with Gasteiger partial charge < -0.3 is 11.1 Å². The Hall–Kier alpha value is -6.16. The number of azo groups is 1. The number of carbonyl (C=O) groups excluding carboxylic acids is 2. The predicted molar refractivity (Wildman–Crippen MR) is 204 cm³/mol. The molecule has 0 fully saturated rings. The highest BCUT2D eigenvalue weighted by Gasteiger charge is 2.33. The van der Waals surface area contributed by atoms with Crippen LogP contribution in [0.1, 0.15) is 37.4 Å². The molecule has 0 heterocycles. The van der Waals surface area contributed by atoms with Crippen LogP contribution in [-0.2, 0) is 30.4 Å². The van der Waals surface area contributed by atoms with Crippen LogP contribution in [0, 0.1) is 13.8 Å². The number of anilines is 3. The molecule has 5 aromatic carbocycles. The Morgan fingerprint density at radius 1 is 0.709 bits per heavy atom. The van der Waals surface area contributed by atoms with Crippen molar-refractivity contribution in [2.24, 2.45) is 15.3 Å². The van der Waals surface area contributed by atoms with Crippen molar-refractivity contribution in [3.8, 4) is 0 Å². The van der Waals surface area contributed by atoms with Crippen LogP contribution in [-0.4, -0.2) is 56.3 Å². The van der Waals surface area contributed by atoms with Crippen molar-refractivity contribution in [3.05, 3.63) is 118 Å². The Kier molecular flexibility index (Phi) is 9.99. The Balaban J connectivity index is 1.29. The van der Waals surface area contributed by atoms with Crippen LogP contribution in [0.15, 0.2) is 115 Å². The second kappa shape index (κ2) is 14.2. The molecule has 6 rings (SSSR count). The Morgan fingerprint density at radius 2 is 1.33 bits per heavy atom. The first-order valence-corrected chi connectivity index (χ1v) is 20.0. The molecular weight excluding hydrogens is 777 g/mol. The highest BCUT2D eigenvalue weighted by atomic mass is 32.2. The molecule has 0 bridgehead atoms. The van der Waals surface area contributed by atoms with E-state index in [0.717, 1.165) is 18.2 Å². The van der Waals surface area contributed by atoms with E-state index in [-0.39, 0.29) is 39.0 Å². The van der Waals surface area contributed by atoms with Crippen molar-refractivity contribution in [2.75, 3.05) is 16.5 Å². The lowest BCUT2D eigenvalue weighted by atomic mass is 9.94. The maximum atomic E-state index is 13.6. The standard InChI is InChI=1S/C35H28N6O11S3/c1-18-12-24(38-39-25-16-28-27(30(17-25)54(47,48)49)4-3-5-29(28)53(44,45)46)13-19(2)32(18)40-41-33-31(55(50,51)52)15-21-14-23(10-11-26(21)34(33)42)37-35(43)20-6-8-22(36)9-7-20/h3-17,40H,36H2,1-2H3,(H,37,43)(H,44,45,46)(H,47,48,49)(H,50,51,52)/b39-38?,41-33-. The normalized spacial score (nSPS) is 14.2. The fourth-order valence-electron chi connectivity index (χ4n) is 5.76.